The van der Waals surface area contributed by atoms with Crippen molar-refractivity contribution < 1.29 is 4.79 Å². The molecule has 0 fully saturated rings. The molecule has 0 saturated heterocycles. The van der Waals surface area contributed by atoms with Crippen LogP contribution in [-0.2, 0) is 4.79 Å². The summed E-state index contributed by atoms with van der Waals surface area (Å²) in [5.41, 5.74) is 1.99. The molecule has 0 spiro atoms. The number of carbonyl (C=O) groups excluding carboxylic acids is 1. The Labute approximate surface area is 79.1 Å². The summed E-state index contributed by atoms with van der Waals surface area (Å²) in [7, 11) is 0. The highest BCUT2D eigenvalue weighted by atomic mass is 127. The Morgan fingerprint density at radius 1 is 1.55 bits per heavy atom. The van der Waals surface area contributed by atoms with Crippen LogP contribution in [0.4, 0.5) is 5.69 Å². The molecule has 3 heteroatoms. The Bertz CT molecular complexity index is 273. The van der Waals surface area contributed by atoms with E-state index in [1.165, 1.54) is 0 Å². The first-order chi connectivity index (χ1) is 5.25. The van der Waals surface area contributed by atoms with Gasteiger partial charge in [-0.15, -0.1) is 0 Å². The summed E-state index contributed by atoms with van der Waals surface area (Å²) in [5.74, 6) is 0. The molecule has 2 nitrogen and oxygen atoms in total. The smallest absolute Gasteiger partial charge is 0.211 e. The average molecular weight is 261 g/mol. The molecule has 0 aliphatic rings. The molecule has 1 amide bonds. The first kappa shape index (κ1) is 8.52. The Morgan fingerprint density at radius 2 is 2.27 bits per heavy atom. The average Bonchev–Trinajstić information content (AvgIpc) is 1.99. The summed E-state index contributed by atoms with van der Waals surface area (Å²) in [6, 6.07) is 5.80. The molecule has 0 bridgehead atoms. The summed E-state index contributed by atoms with van der Waals surface area (Å²) < 4.78 is 1.16. The van der Waals surface area contributed by atoms with Crippen LogP contribution in [0.15, 0.2) is 18.2 Å². The van der Waals surface area contributed by atoms with E-state index in [-0.39, 0.29) is 0 Å². The largest absolute Gasteiger partial charge is 0.328 e. The van der Waals surface area contributed by atoms with Crippen LogP contribution in [0, 0.1) is 10.5 Å². The molecule has 0 saturated carbocycles. The minimum Gasteiger partial charge on any atom is -0.328 e. The lowest BCUT2D eigenvalue weighted by Crippen LogP contribution is -1.96. The highest BCUT2D eigenvalue weighted by Crippen LogP contribution is 2.19. The molecule has 1 N–H and O–H groups in total. The molecule has 0 aromatic heterocycles. The van der Waals surface area contributed by atoms with Crippen molar-refractivity contribution in [3.63, 3.8) is 0 Å². The van der Waals surface area contributed by atoms with Crippen molar-refractivity contribution in [2.75, 3.05) is 5.32 Å². The van der Waals surface area contributed by atoms with Crippen molar-refractivity contribution in [2.24, 2.45) is 0 Å². The third kappa shape index (κ3) is 1.92. The van der Waals surface area contributed by atoms with Crippen molar-refractivity contribution in [1.29, 1.82) is 0 Å². The van der Waals surface area contributed by atoms with Crippen molar-refractivity contribution in [1.82, 2.24) is 0 Å². The van der Waals surface area contributed by atoms with Gasteiger partial charge in [-0.1, -0.05) is 6.07 Å². The van der Waals surface area contributed by atoms with E-state index in [1.807, 2.05) is 25.1 Å². The maximum Gasteiger partial charge on any atom is 0.211 e. The minimum absolute atomic E-state index is 0.693. The summed E-state index contributed by atoms with van der Waals surface area (Å²) in [4.78, 5) is 10.1. The van der Waals surface area contributed by atoms with Crippen LogP contribution in [0.2, 0.25) is 0 Å². The molecular formula is C8H8INO. The molecule has 11 heavy (non-hydrogen) atoms. The summed E-state index contributed by atoms with van der Waals surface area (Å²) in [5, 5.41) is 2.63. The molecule has 58 valence electrons. The molecule has 0 aliphatic carbocycles. The standard InChI is InChI=1S/C8H8INO/c1-6-7(9)3-2-4-8(6)10-5-11/h2-5H,1H3,(H,10,11). The number of nitrogens with one attached hydrogen (secondary N) is 1. The fraction of sp³-hybridized carbons (Fsp3) is 0.125. The maximum absolute atomic E-state index is 10.1. The summed E-state index contributed by atoms with van der Waals surface area (Å²) >= 11 is 2.23. The second-order valence-corrected chi connectivity index (χ2v) is 3.34. The van der Waals surface area contributed by atoms with Crippen molar-refractivity contribution >= 4 is 34.7 Å². The van der Waals surface area contributed by atoms with E-state index >= 15 is 0 Å². The predicted octanol–water partition coefficient (Wildman–Crippen LogP) is 2.17. The Balaban J connectivity index is 3.05. The van der Waals surface area contributed by atoms with Crippen LogP contribution in [0.3, 0.4) is 0 Å². The molecule has 1 aromatic carbocycles. The Morgan fingerprint density at radius 3 is 2.91 bits per heavy atom. The SMILES string of the molecule is Cc1c(I)cccc1NC=O. The van der Waals surface area contributed by atoms with Gasteiger partial charge in [-0.05, 0) is 47.2 Å². The van der Waals surface area contributed by atoms with Gasteiger partial charge in [0.2, 0.25) is 6.41 Å². The monoisotopic (exact) mass is 261 g/mol. The predicted molar refractivity (Wildman–Crippen MR) is 53.6 cm³/mol. The first-order valence-electron chi connectivity index (χ1n) is 3.21. The number of carbonyl (C=O) groups is 1. The van der Waals surface area contributed by atoms with Gasteiger partial charge in [-0.25, -0.2) is 0 Å². The van der Waals surface area contributed by atoms with Gasteiger partial charge >= 0.3 is 0 Å². The fourth-order valence-electron chi connectivity index (χ4n) is 0.827. The second-order valence-electron chi connectivity index (χ2n) is 2.17. The summed E-state index contributed by atoms with van der Waals surface area (Å²) in [6.45, 7) is 1.98. The van der Waals surface area contributed by atoms with E-state index in [0.717, 1.165) is 14.8 Å². The number of anilines is 1. The number of amides is 1. The number of halogens is 1. The van der Waals surface area contributed by atoms with E-state index in [2.05, 4.69) is 27.9 Å². The van der Waals surface area contributed by atoms with Gasteiger partial charge in [-0.3, -0.25) is 4.79 Å². The van der Waals surface area contributed by atoms with Crippen LogP contribution in [-0.4, -0.2) is 6.41 Å². The van der Waals surface area contributed by atoms with Gasteiger partial charge in [0.05, 0.1) is 0 Å². The van der Waals surface area contributed by atoms with Gasteiger partial charge in [-0.2, -0.15) is 0 Å². The van der Waals surface area contributed by atoms with Gasteiger partial charge in [0, 0.05) is 9.26 Å². The zero-order valence-electron chi connectivity index (χ0n) is 6.10. The highest BCUT2D eigenvalue weighted by Gasteiger charge is 1.98. The first-order valence-corrected chi connectivity index (χ1v) is 4.29. The molecule has 0 radical (unpaired) electrons. The van der Waals surface area contributed by atoms with Gasteiger partial charge < -0.3 is 5.32 Å². The summed E-state index contributed by atoms with van der Waals surface area (Å²) in [6.07, 6.45) is 0.693. The molecule has 0 heterocycles. The van der Waals surface area contributed by atoms with Crippen molar-refractivity contribution in [2.45, 2.75) is 6.92 Å². The minimum atomic E-state index is 0.693. The van der Waals surface area contributed by atoms with Crippen LogP contribution in [0.25, 0.3) is 0 Å². The lowest BCUT2D eigenvalue weighted by molar-refractivity contribution is -0.105. The molecule has 0 atom stereocenters. The Hall–Kier alpha value is -0.580. The van der Waals surface area contributed by atoms with Crippen LogP contribution in [0.5, 0.6) is 0 Å². The zero-order chi connectivity index (χ0) is 8.27. The van der Waals surface area contributed by atoms with Crippen molar-refractivity contribution in [3.05, 3.63) is 27.3 Å². The van der Waals surface area contributed by atoms with Crippen LogP contribution < -0.4 is 5.32 Å². The van der Waals surface area contributed by atoms with E-state index in [4.69, 9.17) is 0 Å². The lowest BCUT2D eigenvalue weighted by atomic mass is 10.2. The van der Waals surface area contributed by atoms with E-state index in [0.29, 0.717) is 6.41 Å². The van der Waals surface area contributed by atoms with Gasteiger partial charge in [0.15, 0.2) is 0 Å². The second kappa shape index (κ2) is 3.71. The molecule has 0 unspecified atom stereocenters. The van der Waals surface area contributed by atoms with Crippen LogP contribution in [0.1, 0.15) is 5.56 Å². The number of hydrogen-bond acceptors (Lipinski definition) is 1. The van der Waals surface area contributed by atoms with Gasteiger partial charge in [0.1, 0.15) is 0 Å². The number of hydrogen-bond donors (Lipinski definition) is 1. The molecule has 1 aromatic rings. The van der Waals surface area contributed by atoms with E-state index in [1.54, 1.807) is 0 Å². The van der Waals surface area contributed by atoms with E-state index in [9.17, 15) is 4.79 Å². The number of benzene rings is 1. The number of rotatable bonds is 2. The van der Waals surface area contributed by atoms with E-state index < -0.39 is 0 Å². The molecule has 1 rings (SSSR count). The maximum atomic E-state index is 10.1. The highest BCUT2D eigenvalue weighted by molar-refractivity contribution is 14.1. The normalized spacial score (nSPS) is 9.27. The third-order valence-electron chi connectivity index (χ3n) is 1.48. The van der Waals surface area contributed by atoms with Crippen molar-refractivity contribution in [3.8, 4) is 0 Å². The molecular weight excluding hydrogens is 253 g/mol. The third-order valence-corrected chi connectivity index (χ3v) is 2.65. The topological polar surface area (TPSA) is 29.1 Å². The zero-order valence-corrected chi connectivity index (χ0v) is 8.25. The van der Waals surface area contributed by atoms with Crippen LogP contribution >= 0.6 is 22.6 Å². The Kier molecular flexibility index (Phi) is 2.87. The quantitative estimate of drug-likeness (QED) is 0.641. The lowest BCUT2D eigenvalue weighted by Gasteiger charge is -2.04. The fourth-order valence-corrected chi connectivity index (χ4v) is 1.33. The molecule has 0 aliphatic heterocycles. The van der Waals surface area contributed by atoms with Gasteiger partial charge in [0.25, 0.3) is 0 Å².